The second-order valence-corrected chi connectivity index (χ2v) is 7.09. The van der Waals surface area contributed by atoms with E-state index < -0.39 is 7.59 Å². The van der Waals surface area contributed by atoms with Crippen molar-refractivity contribution in [3.8, 4) is 0 Å². The maximum atomic E-state index is 13.5. The molecule has 0 radical (unpaired) electrons. The van der Waals surface area contributed by atoms with E-state index in [1.165, 1.54) is 0 Å². The minimum absolute atomic E-state index is 0.574. The Morgan fingerprint density at radius 2 is 1.16 bits per heavy atom. The number of rotatable bonds is 11. The SMILES string of the molecule is C=CCN(CC=C)P(=O)(N(CC=C)CC=C)N1CC1. The molecule has 0 atom stereocenters. The normalized spacial score (nSPS) is 15.5. The van der Waals surface area contributed by atoms with Crippen molar-refractivity contribution in [3.05, 3.63) is 50.6 Å². The largest absolute Gasteiger partial charge is 0.288 e. The molecule has 0 unspecified atom stereocenters. The number of hydrogen-bond acceptors (Lipinski definition) is 1. The molecule has 1 saturated heterocycles. The van der Waals surface area contributed by atoms with E-state index in [0.29, 0.717) is 26.2 Å². The van der Waals surface area contributed by atoms with Crippen LogP contribution in [0.5, 0.6) is 0 Å². The van der Waals surface area contributed by atoms with Gasteiger partial charge in [0, 0.05) is 39.3 Å². The third-order valence-electron chi connectivity index (χ3n) is 2.89. The van der Waals surface area contributed by atoms with E-state index >= 15 is 0 Å². The first-order valence-electron chi connectivity index (χ1n) is 6.45. The van der Waals surface area contributed by atoms with Gasteiger partial charge in [-0.2, -0.15) is 0 Å². The lowest BCUT2D eigenvalue weighted by atomic mass is 10.5. The first kappa shape index (κ1) is 16.1. The summed E-state index contributed by atoms with van der Waals surface area (Å²) in [6.45, 7) is 19.0. The molecular weight excluding hydrogens is 257 g/mol. The maximum Gasteiger partial charge on any atom is 0.288 e. The molecule has 1 heterocycles. The molecule has 0 N–H and O–H groups in total. The fraction of sp³-hybridized carbons (Fsp3) is 0.429. The van der Waals surface area contributed by atoms with Crippen LogP contribution >= 0.6 is 7.59 Å². The van der Waals surface area contributed by atoms with Crippen LogP contribution < -0.4 is 0 Å². The molecule has 0 aromatic rings. The Bertz CT molecular complexity index is 342. The minimum Gasteiger partial charge on any atom is -0.270 e. The van der Waals surface area contributed by atoms with Crippen molar-refractivity contribution in [2.45, 2.75) is 0 Å². The van der Waals surface area contributed by atoms with Gasteiger partial charge in [-0.1, -0.05) is 24.3 Å². The average molecular weight is 281 g/mol. The van der Waals surface area contributed by atoms with Crippen molar-refractivity contribution < 1.29 is 4.57 Å². The van der Waals surface area contributed by atoms with Gasteiger partial charge < -0.3 is 0 Å². The van der Waals surface area contributed by atoms with Crippen LogP contribution in [0.1, 0.15) is 0 Å². The van der Waals surface area contributed by atoms with Crippen molar-refractivity contribution in [2.24, 2.45) is 0 Å². The molecule has 5 heteroatoms. The van der Waals surface area contributed by atoms with Crippen LogP contribution in [0.4, 0.5) is 0 Å². The van der Waals surface area contributed by atoms with E-state index in [1.807, 2.05) is 14.0 Å². The van der Waals surface area contributed by atoms with E-state index in [0.717, 1.165) is 13.1 Å². The summed E-state index contributed by atoms with van der Waals surface area (Å²) < 4.78 is 19.4. The summed E-state index contributed by atoms with van der Waals surface area (Å²) in [5.74, 6) is 0. The molecule has 19 heavy (non-hydrogen) atoms. The standard InChI is InChI=1S/C14H24N3OP/c1-5-9-15(10-6-2)19(18,17-13-14-17)16(11-7-3)12-8-4/h5-8H,1-4,9-14H2. The van der Waals surface area contributed by atoms with Gasteiger partial charge in [-0.15, -0.1) is 26.3 Å². The van der Waals surface area contributed by atoms with E-state index in [9.17, 15) is 4.57 Å². The van der Waals surface area contributed by atoms with Crippen molar-refractivity contribution in [2.75, 3.05) is 39.3 Å². The van der Waals surface area contributed by atoms with Gasteiger partial charge in [-0.3, -0.25) is 4.57 Å². The zero-order valence-electron chi connectivity index (χ0n) is 11.6. The van der Waals surface area contributed by atoms with Gasteiger partial charge in [0.2, 0.25) is 0 Å². The Morgan fingerprint density at radius 1 is 0.842 bits per heavy atom. The van der Waals surface area contributed by atoms with Gasteiger partial charge in [-0.25, -0.2) is 14.0 Å². The molecule has 0 amide bonds. The molecule has 0 saturated carbocycles. The summed E-state index contributed by atoms with van der Waals surface area (Å²) in [5, 5.41) is 0. The van der Waals surface area contributed by atoms with Gasteiger partial charge in [-0.05, 0) is 0 Å². The van der Waals surface area contributed by atoms with E-state index in [4.69, 9.17) is 0 Å². The average Bonchev–Trinajstić information content (AvgIpc) is 3.22. The summed E-state index contributed by atoms with van der Waals surface area (Å²) in [6, 6.07) is 0. The van der Waals surface area contributed by atoms with Crippen LogP contribution in [0, 0.1) is 0 Å². The van der Waals surface area contributed by atoms with Crippen molar-refractivity contribution >= 4 is 7.59 Å². The zero-order valence-corrected chi connectivity index (χ0v) is 12.5. The molecule has 0 spiro atoms. The second kappa shape index (κ2) is 7.61. The summed E-state index contributed by atoms with van der Waals surface area (Å²) in [4.78, 5) is 0. The summed E-state index contributed by atoms with van der Waals surface area (Å²) >= 11 is 0. The first-order chi connectivity index (χ1) is 9.14. The predicted octanol–water partition coefficient (Wildman–Crippen LogP) is 2.76. The molecule has 1 rings (SSSR count). The van der Waals surface area contributed by atoms with Crippen LogP contribution in [0.25, 0.3) is 0 Å². The Morgan fingerprint density at radius 3 is 1.37 bits per heavy atom. The van der Waals surface area contributed by atoms with Crippen LogP contribution in [0.2, 0.25) is 0 Å². The van der Waals surface area contributed by atoms with Gasteiger partial charge in [0.05, 0.1) is 0 Å². The molecule has 0 aromatic carbocycles. The van der Waals surface area contributed by atoms with Crippen molar-refractivity contribution in [1.29, 1.82) is 0 Å². The van der Waals surface area contributed by atoms with Crippen LogP contribution in [-0.2, 0) is 4.57 Å². The Balaban J connectivity index is 3.06. The monoisotopic (exact) mass is 281 g/mol. The topological polar surface area (TPSA) is 26.6 Å². The highest BCUT2D eigenvalue weighted by Crippen LogP contribution is 2.59. The van der Waals surface area contributed by atoms with Crippen LogP contribution in [0.3, 0.4) is 0 Å². The van der Waals surface area contributed by atoms with E-state index in [-0.39, 0.29) is 0 Å². The fourth-order valence-corrected chi connectivity index (χ4v) is 5.01. The van der Waals surface area contributed by atoms with Crippen molar-refractivity contribution in [1.82, 2.24) is 14.0 Å². The quantitative estimate of drug-likeness (QED) is 0.330. The smallest absolute Gasteiger partial charge is 0.270 e. The first-order valence-corrected chi connectivity index (χ1v) is 8.01. The fourth-order valence-electron chi connectivity index (χ4n) is 2.01. The lowest BCUT2D eigenvalue weighted by molar-refractivity contribution is 0.359. The Labute approximate surface area is 116 Å². The number of hydrogen-bond donors (Lipinski definition) is 0. The summed E-state index contributed by atoms with van der Waals surface area (Å²) in [7, 11) is -2.75. The molecular formula is C14H24N3OP. The molecule has 4 nitrogen and oxygen atoms in total. The molecule has 0 bridgehead atoms. The third-order valence-corrected chi connectivity index (χ3v) is 6.15. The summed E-state index contributed by atoms with van der Waals surface area (Å²) in [5.41, 5.74) is 0. The van der Waals surface area contributed by atoms with E-state index in [1.54, 1.807) is 24.3 Å². The molecule has 0 aliphatic carbocycles. The lowest BCUT2D eigenvalue weighted by Gasteiger charge is -2.38. The van der Waals surface area contributed by atoms with Crippen molar-refractivity contribution in [3.63, 3.8) is 0 Å². The minimum atomic E-state index is -2.75. The molecule has 106 valence electrons. The van der Waals surface area contributed by atoms with Crippen LogP contribution in [0.15, 0.2) is 50.6 Å². The predicted molar refractivity (Wildman–Crippen MR) is 83.1 cm³/mol. The van der Waals surface area contributed by atoms with Gasteiger partial charge >= 0.3 is 0 Å². The molecule has 0 aromatic heterocycles. The van der Waals surface area contributed by atoms with Crippen LogP contribution in [-0.4, -0.2) is 53.3 Å². The van der Waals surface area contributed by atoms with Gasteiger partial charge in [0.15, 0.2) is 0 Å². The third kappa shape index (κ3) is 3.77. The zero-order chi connectivity index (χ0) is 14.3. The number of nitrogens with zero attached hydrogens (tertiary/aromatic N) is 3. The van der Waals surface area contributed by atoms with Gasteiger partial charge in [0.25, 0.3) is 7.59 Å². The highest BCUT2D eigenvalue weighted by molar-refractivity contribution is 7.56. The Hall–Kier alpha value is -0.930. The van der Waals surface area contributed by atoms with Gasteiger partial charge in [0.1, 0.15) is 0 Å². The maximum absolute atomic E-state index is 13.5. The van der Waals surface area contributed by atoms with E-state index in [2.05, 4.69) is 26.3 Å². The highest BCUT2D eigenvalue weighted by Gasteiger charge is 2.46. The highest BCUT2D eigenvalue weighted by atomic mass is 31.2. The molecule has 1 aliphatic rings. The lowest BCUT2D eigenvalue weighted by Crippen LogP contribution is -2.36. The summed E-state index contributed by atoms with van der Waals surface area (Å²) in [6.07, 6.45) is 7.11. The molecule has 1 fully saturated rings. The Kier molecular flexibility index (Phi) is 6.46. The second-order valence-electron chi connectivity index (χ2n) is 4.36. The molecule has 1 aliphatic heterocycles.